The van der Waals surface area contributed by atoms with Crippen LogP contribution in [-0.4, -0.2) is 39.0 Å². The number of hydrogen-bond donors (Lipinski definition) is 2. The van der Waals surface area contributed by atoms with Gasteiger partial charge in [0.25, 0.3) is 11.8 Å². The number of hydrogen-bond acceptors (Lipinski definition) is 5. The number of pyridine rings is 1. The number of nitrogens with one attached hydrogen (secondary N) is 2. The van der Waals surface area contributed by atoms with Crippen LogP contribution in [0.1, 0.15) is 65.6 Å². The summed E-state index contributed by atoms with van der Waals surface area (Å²) in [5, 5.41) is 10.4. The van der Waals surface area contributed by atoms with Gasteiger partial charge in [0.2, 0.25) is 0 Å². The molecule has 156 valence electrons. The van der Waals surface area contributed by atoms with Crippen LogP contribution < -0.4 is 10.6 Å². The summed E-state index contributed by atoms with van der Waals surface area (Å²) in [6.45, 7) is 4.81. The van der Waals surface area contributed by atoms with Gasteiger partial charge in [-0.2, -0.15) is 5.10 Å². The third-order valence-electron chi connectivity index (χ3n) is 6.72. The Kier molecular flexibility index (Phi) is 4.38. The van der Waals surface area contributed by atoms with Crippen molar-refractivity contribution in [1.82, 2.24) is 25.2 Å². The molecule has 3 aromatic heterocycles. The van der Waals surface area contributed by atoms with Crippen LogP contribution in [0.4, 0.5) is 0 Å². The molecule has 2 aliphatic carbocycles. The van der Waals surface area contributed by atoms with E-state index in [-0.39, 0.29) is 29.2 Å². The van der Waals surface area contributed by atoms with Crippen molar-refractivity contribution in [2.45, 2.75) is 45.1 Å². The van der Waals surface area contributed by atoms with Crippen molar-refractivity contribution in [1.29, 1.82) is 0 Å². The van der Waals surface area contributed by atoms with Gasteiger partial charge in [0, 0.05) is 24.7 Å². The Bertz CT molecular complexity index is 1110. The maximum atomic E-state index is 12.8. The lowest BCUT2D eigenvalue weighted by atomic mass is 9.58. The van der Waals surface area contributed by atoms with E-state index in [0.717, 1.165) is 24.8 Å². The molecular formula is C22H25N5O3. The van der Waals surface area contributed by atoms with Crippen LogP contribution in [0, 0.1) is 11.3 Å². The van der Waals surface area contributed by atoms with E-state index in [0.29, 0.717) is 29.5 Å². The highest BCUT2D eigenvalue weighted by Crippen LogP contribution is 2.46. The van der Waals surface area contributed by atoms with Gasteiger partial charge in [-0.05, 0) is 48.8 Å². The van der Waals surface area contributed by atoms with E-state index in [2.05, 4.69) is 34.6 Å². The van der Waals surface area contributed by atoms with Gasteiger partial charge in [-0.3, -0.25) is 9.59 Å². The van der Waals surface area contributed by atoms with E-state index in [9.17, 15) is 9.59 Å². The maximum Gasteiger partial charge on any atom is 0.273 e. The molecule has 0 bridgehead atoms. The zero-order valence-electron chi connectivity index (χ0n) is 17.1. The van der Waals surface area contributed by atoms with Crippen molar-refractivity contribution in [2.24, 2.45) is 11.3 Å². The summed E-state index contributed by atoms with van der Waals surface area (Å²) in [6.07, 6.45) is 7.78. The van der Waals surface area contributed by atoms with Gasteiger partial charge in [0.05, 0.1) is 17.3 Å². The summed E-state index contributed by atoms with van der Waals surface area (Å²) in [4.78, 5) is 29.5. The van der Waals surface area contributed by atoms with Crippen molar-refractivity contribution >= 4 is 17.3 Å². The largest absolute Gasteiger partial charge is 0.447 e. The average molecular weight is 407 g/mol. The standard InChI is InChI=1S/C22H25N5O3/c1-22(2)14(11-23-21(29)18-19(13-5-6-13)30-12-24-18)10-17(22)26-20(28)15-4-3-9-27-16(15)7-8-25-27/h3-4,7-9,12-14,17H,5-6,10-11H2,1-2H3,(H,23,29)(H,26,28). The molecule has 2 aliphatic rings. The first kappa shape index (κ1) is 18.8. The first-order chi connectivity index (χ1) is 14.4. The van der Waals surface area contributed by atoms with Crippen molar-refractivity contribution < 1.29 is 14.0 Å². The van der Waals surface area contributed by atoms with E-state index < -0.39 is 0 Å². The summed E-state index contributed by atoms with van der Waals surface area (Å²) in [6, 6.07) is 5.51. The monoisotopic (exact) mass is 407 g/mol. The van der Waals surface area contributed by atoms with Crippen LogP contribution in [0.3, 0.4) is 0 Å². The molecule has 8 nitrogen and oxygen atoms in total. The van der Waals surface area contributed by atoms with Crippen LogP contribution in [0.15, 0.2) is 41.4 Å². The summed E-state index contributed by atoms with van der Waals surface area (Å²) in [5.74, 6) is 1.04. The van der Waals surface area contributed by atoms with Gasteiger partial charge in [-0.1, -0.05) is 13.8 Å². The van der Waals surface area contributed by atoms with Crippen LogP contribution in [0.2, 0.25) is 0 Å². The Morgan fingerprint density at radius 3 is 2.87 bits per heavy atom. The second-order valence-corrected chi connectivity index (χ2v) is 8.91. The van der Waals surface area contributed by atoms with Gasteiger partial charge in [-0.15, -0.1) is 0 Å². The van der Waals surface area contributed by atoms with Crippen molar-refractivity contribution in [2.75, 3.05) is 6.54 Å². The lowest BCUT2D eigenvalue weighted by Gasteiger charge is -2.52. The number of amides is 2. The molecule has 0 aliphatic heterocycles. The Morgan fingerprint density at radius 1 is 1.27 bits per heavy atom. The fourth-order valence-corrected chi connectivity index (χ4v) is 4.35. The number of fused-ring (bicyclic) bond motifs is 1. The van der Waals surface area contributed by atoms with E-state index >= 15 is 0 Å². The molecule has 8 heteroatoms. The first-order valence-electron chi connectivity index (χ1n) is 10.4. The highest BCUT2D eigenvalue weighted by Gasteiger charge is 2.48. The number of aromatic nitrogens is 3. The fourth-order valence-electron chi connectivity index (χ4n) is 4.35. The third kappa shape index (κ3) is 3.16. The summed E-state index contributed by atoms with van der Waals surface area (Å²) >= 11 is 0. The Hall–Kier alpha value is -3.16. The Labute approximate surface area is 174 Å². The molecule has 3 heterocycles. The number of nitrogens with zero attached hydrogens (tertiary/aromatic N) is 3. The molecule has 2 saturated carbocycles. The molecule has 0 aromatic carbocycles. The van der Waals surface area contributed by atoms with Crippen LogP contribution in [-0.2, 0) is 0 Å². The molecule has 2 N–H and O–H groups in total. The molecule has 5 rings (SSSR count). The molecule has 2 atom stereocenters. The molecule has 3 aromatic rings. The van der Waals surface area contributed by atoms with Crippen molar-refractivity contribution in [3.63, 3.8) is 0 Å². The maximum absolute atomic E-state index is 12.8. The average Bonchev–Trinajstić information content (AvgIpc) is 3.25. The van der Waals surface area contributed by atoms with Crippen LogP contribution in [0.25, 0.3) is 5.52 Å². The number of rotatable bonds is 6. The Balaban J connectivity index is 1.19. The first-order valence-corrected chi connectivity index (χ1v) is 10.4. The van der Waals surface area contributed by atoms with E-state index in [1.54, 1.807) is 10.7 Å². The molecule has 2 unspecified atom stereocenters. The molecular weight excluding hydrogens is 382 g/mol. The summed E-state index contributed by atoms with van der Waals surface area (Å²) in [7, 11) is 0. The van der Waals surface area contributed by atoms with E-state index in [1.165, 1.54) is 6.39 Å². The van der Waals surface area contributed by atoms with Gasteiger partial charge in [-0.25, -0.2) is 9.50 Å². The van der Waals surface area contributed by atoms with Gasteiger partial charge in [0.1, 0.15) is 5.76 Å². The minimum absolute atomic E-state index is 0.0455. The minimum Gasteiger partial charge on any atom is -0.447 e. The lowest BCUT2D eigenvalue weighted by Crippen LogP contribution is -2.60. The minimum atomic E-state index is -0.179. The van der Waals surface area contributed by atoms with Crippen LogP contribution >= 0.6 is 0 Å². The molecule has 2 fully saturated rings. The fraction of sp³-hybridized carbons (Fsp3) is 0.455. The predicted molar refractivity (Wildman–Crippen MR) is 109 cm³/mol. The molecule has 0 radical (unpaired) electrons. The zero-order valence-corrected chi connectivity index (χ0v) is 17.1. The second kappa shape index (κ2) is 6.97. The van der Waals surface area contributed by atoms with Crippen molar-refractivity contribution in [3.05, 3.63) is 54.0 Å². The van der Waals surface area contributed by atoms with E-state index in [4.69, 9.17) is 4.42 Å². The zero-order chi connectivity index (χ0) is 20.9. The highest BCUT2D eigenvalue weighted by molar-refractivity contribution is 6.00. The number of carbonyl (C=O) groups excluding carboxylic acids is 2. The van der Waals surface area contributed by atoms with Gasteiger partial charge < -0.3 is 15.1 Å². The van der Waals surface area contributed by atoms with Crippen LogP contribution in [0.5, 0.6) is 0 Å². The van der Waals surface area contributed by atoms with Gasteiger partial charge in [0.15, 0.2) is 12.1 Å². The Morgan fingerprint density at radius 2 is 2.10 bits per heavy atom. The smallest absolute Gasteiger partial charge is 0.273 e. The summed E-state index contributed by atoms with van der Waals surface area (Å²) < 4.78 is 7.09. The quantitative estimate of drug-likeness (QED) is 0.654. The normalized spacial score (nSPS) is 22.5. The second-order valence-electron chi connectivity index (χ2n) is 8.91. The SMILES string of the molecule is CC1(C)C(CNC(=O)c2ncoc2C2CC2)CC1NC(=O)c1cccn2nccc12. The number of oxazole rings is 1. The summed E-state index contributed by atoms with van der Waals surface area (Å²) in [5.41, 5.74) is 1.68. The number of carbonyl (C=O) groups is 2. The predicted octanol–water partition coefficient (Wildman–Crippen LogP) is 2.77. The van der Waals surface area contributed by atoms with Gasteiger partial charge >= 0.3 is 0 Å². The lowest BCUT2D eigenvalue weighted by molar-refractivity contribution is 0.0150. The highest BCUT2D eigenvalue weighted by atomic mass is 16.3. The molecule has 2 amide bonds. The third-order valence-corrected chi connectivity index (χ3v) is 6.72. The molecule has 30 heavy (non-hydrogen) atoms. The van der Waals surface area contributed by atoms with Crippen molar-refractivity contribution in [3.8, 4) is 0 Å². The van der Waals surface area contributed by atoms with E-state index in [1.807, 2.05) is 24.4 Å². The topological polar surface area (TPSA) is 102 Å². The molecule has 0 saturated heterocycles. The molecule has 0 spiro atoms.